The van der Waals surface area contributed by atoms with Crippen LogP contribution in [0, 0.1) is 5.92 Å². The summed E-state index contributed by atoms with van der Waals surface area (Å²) in [5.74, 6) is 0.750. The van der Waals surface area contributed by atoms with Crippen molar-refractivity contribution in [3.05, 3.63) is 0 Å². The maximum Gasteiger partial charge on any atom is 0.0558 e. The van der Waals surface area contributed by atoms with Gasteiger partial charge >= 0.3 is 0 Å². The van der Waals surface area contributed by atoms with Gasteiger partial charge in [-0.15, -0.1) is 0 Å². The monoisotopic (exact) mass is 143 g/mol. The normalized spacial score (nSPS) is 27.0. The molecule has 0 aromatic heterocycles. The van der Waals surface area contributed by atoms with Crippen LogP contribution in [0.5, 0.6) is 0 Å². The van der Waals surface area contributed by atoms with Crippen molar-refractivity contribution in [3.63, 3.8) is 0 Å². The highest BCUT2D eigenvalue weighted by Gasteiger charge is 2.29. The van der Waals surface area contributed by atoms with E-state index in [0.717, 1.165) is 18.5 Å². The Morgan fingerprint density at radius 1 is 1.60 bits per heavy atom. The molecule has 0 aromatic rings. The fourth-order valence-electron chi connectivity index (χ4n) is 1.62. The molecule has 60 valence electrons. The van der Waals surface area contributed by atoms with Crippen molar-refractivity contribution in [2.24, 2.45) is 5.92 Å². The minimum Gasteiger partial charge on any atom is -0.395 e. The SMILES string of the molecule is CC(C)[C@H]1CCN1CCO. The van der Waals surface area contributed by atoms with Crippen molar-refractivity contribution < 1.29 is 5.11 Å². The van der Waals surface area contributed by atoms with Crippen LogP contribution in [0.3, 0.4) is 0 Å². The molecule has 10 heavy (non-hydrogen) atoms. The molecule has 0 unspecified atom stereocenters. The molecule has 1 N–H and O–H groups in total. The van der Waals surface area contributed by atoms with E-state index >= 15 is 0 Å². The zero-order valence-electron chi connectivity index (χ0n) is 6.88. The lowest BCUT2D eigenvalue weighted by molar-refractivity contribution is 0.0396. The highest BCUT2D eigenvalue weighted by molar-refractivity contribution is 4.84. The maximum atomic E-state index is 8.66. The van der Waals surface area contributed by atoms with Crippen molar-refractivity contribution >= 4 is 0 Å². The first-order valence-electron chi connectivity index (χ1n) is 4.10. The third-order valence-electron chi connectivity index (χ3n) is 2.34. The van der Waals surface area contributed by atoms with E-state index in [2.05, 4.69) is 18.7 Å². The largest absolute Gasteiger partial charge is 0.395 e. The van der Waals surface area contributed by atoms with E-state index in [0.29, 0.717) is 6.61 Å². The molecule has 1 rings (SSSR count). The first-order chi connectivity index (χ1) is 4.75. The van der Waals surface area contributed by atoms with Gasteiger partial charge in [0.1, 0.15) is 0 Å². The van der Waals surface area contributed by atoms with Crippen LogP contribution < -0.4 is 0 Å². The number of hydrogen-bond acceptors (Lipinski definition) is 2. The molecule has 1 atom stereocenters. The van der Waals surface area contributed by atoms with Crippen molar-refractivity contribution in [3.8, 4) is 0 Å². The number of nitrogens with zero attached hydrogens (tertiary/aromatic N) is 1. The van der Waals surface area contributed by atoms with Gasteiger partial charge in [-0.1, -0.05) is 13.8 Å². The van der Waals surface area contributed by atoms with E-state index in [1.54, 1.807) is 0 Å². The average Bonchev–Trinajstić information content (AvgIpc) is 1.78. The molecule has 0 aromatic carbocycles. The van der Waals surface area contributed by atoms with E-state index in [-0.39, 0.29) is 0 Å². The van der Waals surface area contributed by atoms with E-state index < -0.39 is 0 Å². The molecule has 0 radical (unpaired) electrons. The van der Waals surface area contributed by atoms with Gasteiger partial charge in [-0.05, 0) is 12.3 Å². The molecule has 0 bridgehead atoms. The molecule has 1 saturated heterocycles. The minimum atomic E-state index is 0.309. The molecule has 0 saturated carbocycles. The Kier molecular flexibility index (Phi) is 2.69. The molecular formula is C8H17NO. The lowest BCUT2D eigenvalue weighted by atomic mass is 9.92. The summed E-state index contributed by atoms with van der Waals surface area (Å²) in [6.07, 6.45) is 1.32. The van der Waals surface area contributed by atoms with Gasteiger partial charge in [0.25, 0.3) is 0 Å². The Labute approximate surface area is 62.8 Å². The van der Waals surface area contributed by atoms with Crippen LogP contribution >= 0.6 is 0 Å². The van der Waals surface area contributed by atoms with Crippen molar-refractivity contribution in [1.29, 1.82) is 0 Å². The fraction of sp³-hybridized carbons (Fsp3) is 1.00. The summed E-state index contributed by atoms with van der Waals surface area (Å²) in [5.41, 5.74) is 0. The minimum absolute atomic E-state index is 0.309. The maximum absolute atomic E-state index is 8.66. The Morgan fingerprint density at radius 3 is 2.60 bits per heavy atom. The number of β-amino-alcohol motifs (C(OH)–C–C–N with tert-alkyl or cyclic N) is 1. The van der Waals surface area contributed by atoms with Gasteiger partial charge in [0.05, 0.1) is 6.61 Å². The van der Waals surface area contributed by atoms with Gasteiger partial charge in [0.2, 0.25) is 0 Å². The topological polar surface area (TPSA) is 23.5 Å². The van der Waals surface area contributed by atoms with Crippen LogP contribution in [0.2, 0.25) is 0 Å². The van der Waals surface area contributed by atoms with Crippen LogP contribution in [0.25, 0.3) is 0 Å². The second kappa shape index (κ2) is 3.35. The molecule has 1 heterocycles. The van der Waals surface area contributed by atoms with E-state index in [4.69, 9.17) is 5.11 Å². The quantitative estimate of drug-likeness (QED) is 0.629. The molecule has 0 spiro atoms. The smallest absolute Gasteiger partial charge is 0.0558 e. The van der Waals surface area contributed by atoms with E-state index in [1.165, 1.54) is 13.0 Å². The summed E-state index contributed by atoms with van der Waals surface area (Å²) in [5, 5.41) is 8.66. The number of likely N-dealkylation sites (tertiary alicyclic amines) is 1. The van der Waals surface area contributed by atoms with Crippen molar-refractivity contribution in [2.75, 3.05) is 19.7 Å². The molecule has 0 amide bonds. The van der Waals surface area contributed by atoms with E-state index in [9.17, 15) is 0 Å². The highest BCUT2D eigenvalue weighted by atomic mass is 16.3. The third kappa shape index (κ3) is 1.50. The van der Waals surface area contributed by atoms with Gasteiger partial charge in [-0.2, -0.15) is 0 Å². The van der Waals surface area contributed by atoms with Crippen molar-refractivity contribution in [2.45, 2.75) is 26.3 Å². The van der Waals surface area contributed by atoms with Gasteiger partial charge < -0.3 is 5.11 Å². The zero-order chi connectivity index (χ0) is 7.56. The molecule has 1 aliphatic rings. The predicted octanol–water partition coefficient (Wildman–Crippen LogP) is 0.709. The Morgan fingerprint density at radius 2 is 2.30 bits per heavy atom. The molecular weight excluding hydrogens is 126 g/mol. The van der Waals surface area contributed by atoms with Gasteiger partial charge in [0.15, 0.2) is 0 Å². The van der Waals surface area contributed by atoms with Crippen LogP contribution in [0.15, 0.2) is 0 Å². The summed E-state index contributed by atoms with van der Waals surface area (Å²) in [4.78, 5) is 2.35. The van der Waals surface area contributed by atoms with Crippen LogP contribution in [-0.2, 0) is 0 Å². The predicted molar refractivity (Wildman–Crippen MR) is 41.9 cm³/mol. The second-order valence-corrected chi connectivity index (χ2v) is 3.36. The van der Waals surface area contributed by atoms with Crippen LogP contribution in [0.1, 0.15) is 20.3 Å². The molecule has 1 aliphatic heterocycles. The van der Waals surface area contributed by atoms with Gasteiger partial charge in [0, 0.05) is 19.1 Å². The lowest BCUT2D eigenvalue weighted by Crippen LogP contribution is -2.51. The molecule has 2 heteroatoms. The standard InChI is InChI=1S/C8H17NO/c1-7(2)8-3-4-9(8)5-6-10/h7-8,10H,3-6H2,1-2H3/t8-/m1/s1. The van der Waals surface area contributed by atoms with Crippen LogP contribution in [0.4, 0.5) is 0 Å². The Hall–Kier alpha value is -0.0800. The summed E-state index contributed by atoms with van der Waals surface area (Å²) < 4.78 is 0. The summed E-state index contributed by atoms with van der Waals surface area (Å²) in [6.45, 7) is 6.85. The number of aliphatic hydroxyl groups excluding tert-OH is 1. The Balaban J connectivity index is 2.22. The first-order valence-corrected chi connectivity index (χ1v) is 4.10. The van der Waals surface area contributed by atoms with Crippen molar-refractivity contribution in [1.82, 2.24) is 4.90 Å². The molecule has 1 fully saturated rings. The molecule has 0 aliphatic carbocycles. The number of hydrogen-bond donors (Lipinski definition) is 1. The summed E-state index contributed by atoms with van der Waals surface area (Å²) >= 11 is 0. The average molecular weight is 143 g/mol. The molecule has 2 nitrogen and oxygen atoms in total. The second-order valence-electron chi connectivity index (χ2n) is 3.36. The lowest BCUT2D eigenvalue weighted by Gasteiger charge is -2.43. The fourth-order valence-corrected chi connectivity index (χ4v) is 1.62. The van der Waals surface area contributed by atoms with Crippen LogP contribution in [-0.4, -0.2) is 35.7 Å². The Bertz CT molecular complexity index is 103. The summed E-state index contributed by atoms with van der Waals surface area (Å²) in [7, 11) is 0. The highest BCUT2D eigenvalue weighted by Crippen LogP contribution is 2.23. The van der Waals surface area contributed by atoms with Gasteiger partial charge in [-0.25, -0.2) is 0 Å². The number of aliphatic hydroxyl groups is 1. The zero-order valence-corrected chi connectivity index (χ0v) is 6.88. The van der Waals surface area contributed by atoms with E-state index in [1.807, 2.05) is 0 Å². The van der Waals surface area contributed by atoms with Gasteiger partial charge in [-0.3, -0.25) is 4.90 Å². The third-order valence-corrected chi connectivity index (χ3v) is 2.34. The summed E-state index contributed by atoms with van der Waals surface area (Å²) in [6, 6.07) is 0.743. The first kappa shape index (κ1) is 8.02. The number of rotatable bonds is 3.